The molecule has 0 bridgehead atoms. The molecule has 2 rings (SSSR count). The van der Waals surface area contributed by atoms with E-state index in [1.165, 1.54) is 6.26 Å². The van der Waals surface area contributed by atoms with Gasteiger partial charge in [-0.3, -0.25) is 0 Å². The Kier molecular flexibility index (Phi) is 8.10. The quantitative estimate of drug-likeness (QED) is 0.569. The number of hydrogen-bond acceptors (Lipinski definition) is 5. The molecule has 1 aromatic carbocycles. The van der Waals surface area contributed by atoms with Crippen LogP contribution in [0, 0.1) is 0 Å². The average Bonchev–Trinajstić information content (AvgIpc) is 2.62. The van der Waals surface area contributed by atoms with Crippen LogP contribution < -0.4 is 0 Å². The third-order valence-corrected chi connectivity index (χ3v) is 6.22. The number of sulfone groups is 1. The van der Waals surface area contributed by atoms with Crippen molar-refractivity contribution in [1.29, 1.82) is 0 Å². The fourth-order valence-corrected chi connectivity index (χ4v) is 4.08. The summed E-state index contributed by atoms with van der Waals surface area (Å²) < 4.78 is 28.2. The molecular formula is C20H32N2O4S. The molecule has 27 heavy (non-hydrogen) atoms. The van der Waals surface area contributed by atoms with E-state index in [-0.39, 0.29) is 6.09 Å². The largest absolute Gasteiger partial charge is 0.449 e. The maximum atomic E-state index is 11.6. The molecular weight excluding hydrogens is 364 g/mol. The Balaban J connectivity index is 1.77. The number of likely N-dealkylation sites (N-methyl/N-ethyl adjacent to an activating group) is 1. The van der Waals surface area contributed by atoms with Crippen LogP contribution in [0.15, 0.2) is 29.2 Å². The number of unbranched alkanes of at least 4 members (excludes halogenated alkanes) is 1. The van der Waals surface area contributed by atoms with Crippen LogP contribution in [0.3, 0.4) is 0 Å². The van der Waals surface area contributed by atoms with E-state index in [1.54, 1.807) is 17.0 Å². The van der Waals surface area contributed by atoms with E-state index in [0.717, 1.165) is 57.4 Å². The van der Waals surface area contributed by atoms with Crippen LogP contribution in [0.4, 0.5) is 4.79 Å². The van der Waals surface area contributed by atoms with E-state index in [0.29, 0.717) is 17.5 Å². The minimum Gasteiger partial charge on any atom is -0.449 e. The van der Waals surface area contributed by atoms with Gasteiger partial charge in [0.2, 0.25) is 0 Å². The summed E-state index contributed by atoms with van der Waals surface area (Å²) in [7, 11) is -3.14. The van der Waals surface area contributed by atoms with E-state index in [2.05, 4.69) is 18.7 Å². The fourth-order valence-electron chi connectivity index (χ4n) is 3.45. The SMILES string of the molecule is CCN(CCCCN1CCCOC1=O)C(C)Cc1ccc(S(C)(=O)=O)cc1. The first-order valence-corrected chi connectivity index (χ1v) is 11.6. The lowest BCUT2D eigenvalue weighted by Gasteiger charge is -2.29. The summed E-state index contributed by atoms with van der Waals surface area (Å²) in [4.78, 5) is 16.2. The molecule has 7 heteroatoms. The van der Waals surface area contributed by atoms with Gasteiger partial charge in [-0.15, -0.1) is 0 Å². The normalized spacial score (nSPS) is 16.4. The number of benzene rings is 1. The van der Waals surface area contributed by atoms with Crippen molar-refractivity contribution in [3.8, 4) is 0 Å². The van der Waals surface area contributed by atoms with Crippen molar-refractivity contribution in [2.45, 2.75) is 50.5 Å². The second-order valence-corrected chi connectivity index (χ2v) is 9.28. The van der Waals surface area contributed by atoms with Gasteiger partial charge in [0.15, 0.2) is 9.84 Å². The fraction of sp³-hybridized carbons (Fsp3) is 0.650. The number of rotatable bonds is 10. The molecule has 1 aromatic rings. The first-order valence-electron chi connectivity index (χ1n) is 9.76. The molecule has 0 N–H and O–H groups in total. The zero-order valence-electron chi connectivity index (χ0n) is 16.7. The lowest BCUT2D eigenvalue weighted by molar-refractivity contribution is 0.0717. The van der Waals surface area contributed by atoms with Gasteiger partial charge in [0.1, 0.15) is 0 Å². The van der Waals surface area contributed by atoms with Crippen molar-refractivity contribution in [3.05, 3.63) is 29.8 Å². The lowest BCUT2D eigenvalue weighted by Crippen LogP contribution is -2.39. The summed E-state index contributed by atoms with van der Waals surface area (Å²) in [5.74, 6) is 0. The summed E-state index contributed by atoms with van der Waals surface area (Å²) in [5, 5.41) is 0. The number of carbonyl (C=O) groups excluding carboxylic acids is 1. The van der Waals surface area contributed by atoms with Crippen LogP contribution in [0.25, 0.3) is 0 Å². The highest BCUT2D eigenvalue weighted by Gasteiger charge is 2.19. The van der Waals surface area contributed by atoms with Crippen molar-refractivity contribution in [3.63, 3.8) is 0 Å². The van der Waals surface area contributed by atoms with E-state index >= 15 is 0 Å². The third-order valence-electron chi connectivity index (χ3n) is 5.09. The number of amides is 1. The average molecular weight is 397 g/mol. The van der Waals surface area contributed by atoms with Gasteiger partial charge < -0.3 is 14.5 Å². The molecule has 0 aromatic heterocycles. The topological polar surface area (TPSA) is 66.9 Å². The van der Waals surface area contributed by atoms with Gasteiger partial charge in [-0.05, 0) is 63.4 Å². The Hall–Kier alpha value is -1.60. The standard InChI is InChI=1S/C20H32N2O4S/c1-4-21(12-5-6-13-22-14-7-15-26-20(22)23)17(2)16-18-8-10-19(11-9-18)27(3,24)25/h8-11,17H,4-7,12-16H2,1-3H3. The van der Waals surface area contributed by atoms with Crippen molar-refractivity contribution in [1.82, 2.24) is 9.80 Å². The first kappa shape index (κ1) is 21.7. The summed E-state index contributed by atoms with van der Waals surface area (Å²) in [5.41, 5.74) is 1.14. The second kappa shape index (κ2) is 10.1. The smallest absolute Gasteiger partial charge is 0.409 e. The van der Waals surface area contributed by atoms with E-state index < -0.39 is 9.84 Å². The summed E-state index contributed by atoms with van der Waals surface area (Å²) in [6.07, 6.45) is 4.86. The zero-order chi connectivity index (χ0) is 19.9. The van der Waals surface area contributed by atoms with Gasteiger partial charge in [0.05, 0.1) is 11.5 Å². The Morgan fingerprint density at radius 2 is 1.93 bits per heavy atom. The van der Waals surface area contributed by atoms with Gasteiger partial charge in [-0.2, -0.15) is 0 Å². The maximum absolute atomic E-state index is 11.6. The molecule has 0 aliphatic carbocycles. The van der Waals surface area contributed by atoms with Crippen LogP contribution in [-0.4, -0.2) is 69.4 Å². The Morgan fingerprint density at radius 1 is 1.22 bits per heavy atom. The molecule has 1 amide bonds. The van der Waals surface area contributed by atoms with Crippen molar-refractivity contribution >= 4 is 15.9 Å². The molecule has 1 atom stereocenters. The second-order valence-electron chi connectivity index (χ2n) is 7.26. The lowest BCUT2D eigenvalue weighted by atomic mass is 10.1. The zero-order valence-corrected chi connectivity index (χ0v) is 17.5. The highest BCUT2D eigenvalue weighted by molar-refractivity contribution is 7.90. The van der Waals surface area contributed by atoms with Crippen molar-refractivity contribution in [2.75, 3.05) is 39.0 Å². The van der Waals surface area contributed by atoms with Gasteiger partial charge in [-0.1, -0.05) is 19.1 Å². The molecule has 1 heterocycles. The van der Waals surface area contributed by atoms with E-state index in [9.17, 15) is 13.2 Å². The minimum atomic E-state index is -3.14. The van der Waals surface area contributed by atoms with Gasteiger partial charge in [0.25, 0.3) is 0 Å². The predicted molar refractivity (Wildman–Crippen MR) is 107 cm³/mol. The van der Waals surface area contributed by atoms with Crippen LogP contribution >= 0.6 is 0 Å². The van der Waals surface area contributed by atoms with Crippen LogP contribution in [0.1, 0.15) is 38.7 Å². The van der Waals surface area contributed by atoms with Gasteiger partial charge >= 0.3 is 6.09 Å². The minimum absolute atomic E-state index is 0.181. The first-order chi connectivity index (χ1) is 12.8. The highest BCUT2D eigenvalue weighted by Crippen LogP contribution is 2.14. The van der Waals surface area contributed by atoms with Gasteiger partial charge in [0, 0.05) is 25.4 Å². The van der Waals surface area contributed by atoms with Crippen LogP contribution in [0.2, 0.25) is 0 Å². The molecule has 1 aliphatic rings. The number of carbonyl (C=O) groups is 1. The maximum Gasteiger partial charge on any atom is 0.409 e. The molecule has 1 unspecified atom stereocenters. The molecule has 0 radical (unpaired) electrons. The molecule has 1 saturated heterocycles. The molecule has 152 valence electrons. The van der Waals surface area contributed by atoms with Crippen molar-refractivity contribution in [2.24, 2.45) is 0 Å². The Morgan fingerprint density at radius 3 is 2.52 bits per heavy atom. The van der Waals surface area contributed by atoms with E-state index in [4.69, 9.17) is 4.74 Å². The monoisotopic (exact) mass is 396 g/mol. The van der Waals surface area contributed by atoms with Crippen LogP contribution in [0.5, 0.6) is 0 Å². The molecule has 6 nitrogen and oxygen atoms in total. The molecule has 1 fully saturated rings. The van der Waals surface area contributed by atoms with Crippen molar-refractivity contribution < 1.29 is 17.9 Å². The number of hydrogen-bond donors (Lipinski definition) is 0. The molecule has 0 spiro atoms. The van der Waals surface area contributed by atoms with Gasteiger partial charge in [-0.25, -0.2) is 13.2 Å². The van der Waals surface area contributed by atoms with E-state index in [1.807, 2.05) is 12.1 Å². The Bertz CT molecular complexity index is 703. The molecule has 1 aliphatic heterocycles. The van der Waals surface area contributed by atoms with Crippen LogP contribution in [-0.2, 0) is 21.0 Å². The Labute approximate surface area is 163 Å². The summed E-state index contributed by atoms with van der Waals surface area (Å²) in [6.45, 7) is 8.42. The highest BCUT2D eigenvalue weighted by atomic mass is 32.2. The molecule has 0 saturated carbocycles. The number of cyclic esters (lactones) is 1. The predicted octanol–water partition coefficient (Wildman–Crippen LogP) is 2.97. The third kappa shape index (κ3) is 6.81. The number of nitrogens with zero attached hydrogens (tertiary/aromatic N) is 2. The summed E-state index contributed by atoms with van der Waals surface area (Å²) >= 11 is 0. The number of ether oxygens (including phenoxy) is 1. The summed E-state index contributed by atoms with van der Waals surface area (Å²) in [6, 6.07) is 7.56.